The molecule has 1 aromatic rings. The van der Waals surface area contributed by atoms with Crippen LogP contribution >= 0.6 is 0 Å². The zero-order valence-corrected chi connectivity index (χ0v) is 11.0. The zero-order valence-electron chi connectivity index (χ0n) is 11.0. The molecule has 1 aromatic carbocycles. The number of aryl methyl sites for hydroxylation is 1. The molecule has 2 rings (SSSR count). The normalized spacial score (nSPS) is 14.4. The van der Waals surface area contributed by atoms with Crippen molar-refractivity contribution in [1.82, 2.24) is 0 Å². The number of rotatable bonds is 4. The second-order valence-electron chi connectivity index (χ2n) is 4.70. The molecule has 0 radical (unpaired) electrons. The van der Waals surface area contributed by atoms with Crippen molar-refractivity contribution >= 4 is 11.6 Å². The van der Waals surface area contributed by atoms with Crippen LogP contribution in [0, 0.1) is 0 Å². The van der Waals surface area contributed by atoms with E-state index in [9.17, 15) is 9.59 Å². The predicted octanol–water partition coefficient (Wildman–Crippen LogP) is 3.74. The summed E-state index contributed by atoms with van der Waals surface area (Å²) in [5.41, 5.74) is 2.92. The lowest BCUT2D eigenvalue weighted by Gasteiger charge is -2.15. The number of Topliss-reactive ketones (excluding diaryl/α,β-unsaturated/α-hetero) is 1. The van der Waals surface area contributed by atoms with Gasteiger partial charge in [-0.25, -0.2) is 0 Å². The average molecular weight is 242 g/mol. The van der Waals surface area contributed by atoms with Crippen LogP contribution in [0.25, 0.3) is 0 Å². The Morgan fingerprint density at radius 2 is 1.83 bits per heavy atom. The Hall–Kier alpha value is -1.70. The van der Waals surface area contributed by atoms with E-state index in [2.05, 4.69) is 6.92 Å². The molecule has 0 aliphatic heterocycles. The molecule has 0 fully saturated rings. The summed E-state index contributed by atoms with van der Waals surface area (Å²) in [5, 5.41) is 0. The Labute approximate surface area is 108 Å². The molecule has 2 nitrogen and oxygen atoms in total. The van der Waals surface area contributed by atoms with Crippen LogP contribution in [0.5, 0.6) is 0 Å². The van der Waals surface area contributed by atoms with Gasteiger partial charge in [0.15, 0.2) is 11.6 Å². The van der Waals surface area contributed by atoms with Crippen LogP contribution in [0.4, 0.5) is 0 Å². The molecule has 0 amide bonds. The van der Waals surface area contributed by atoms with Gasteiger partial charge in [-0.1, -0.05) is 32.4 Å². The van der Waals surface area contributed by atoms with E-state index in [0.29, 0.717) is 23.1 Å². The van der Waals surface area contributed by atoms with E-state index in [1.165, 1.54) is 6.08 Å². The number of benzene rings is 1. The fourth-order valence-corrected chi connectivity index (χ4v) is 2.24. The van der Waals surface area contributed by atoms with Gasteiger partial charge in [0.1, 0.15) is 0 Å². The average Bonchev–Trinajstić information content (AvgIpc) is 2.40. The van der Waals surface area contributed by atoms with Crippen molar-refractivity contribution in [2.75, 3.05) is 0 Å². The minimum atomic E-state index is -0.0293. The van der Waals surface area contributed by atoms with Gasteiger partial charge in [-0.3, -0.25) is 9.59 Å². The second-order valence-corrected chi connectivity index (χ2v) is 4.70. The maximum Gasteiger partial charge on any atom is 0.189 e. The third-order valence-electron chi connectivity index (χ3n) is 3.40. The molecule has 0 unspecified atom stereocenters. The smallest absolute Gasteiger partial charge is 0.189 e. The highest BCUT2D eigenvalue weighted by Gasteiger charge is 2.24. The van der Waals surface area contributed by atoms with E-state index in [0.717, 1.165) is 24.8 Å². The van der Waals surface area contributed by atoms with Gasteiger partial charge in [-0.2, -0.15) is 0 Å². The highest BCUT2D eigenvalue weighted by atomic mass is 16.1. The standard InChI is InChI=1S/C16H18O2/c1-3-5-6-12-10-15(17)13-8-7-11(4-2)9-14(13)16(12)18/h7-10H,3-6H2,1-2H3. The van der Waals surface area contributed by atoms with E-state index >= 15 is 0 Å². The van der Waals surface area contributed by atoms with Gasteiger partial charge in [-0.05, 0) is 37.0 Å². The van der Waals surface area contributed by atoms with Crippen LogP contribution in [0.1, 0.15) is 59.4 Å². The number of fused-ring (bicyclic) bond motifs is 1. The summed E-state index contributed by atoms with van der Waals surface area (Å²) in [4.78, 5) is 24.3. The van der Waals surface area contributed by atoms with Crippen LogP contribution in [0.15, 0.2) is 29.8 Å². The van der Waals surface area contributed by atoms with Crippen LogP contribution < -0.4 is 0 Å². The minimum absolute atomic E-state index is 0.0293. The van der Waals surface area contributed by atoms with E-state index in [-0.39, 0.29) is 11.6 Å². The number of allylic oxidation sites excluding steroid dienone is 2. The molecule has 0 saturated heterocycles. The van der Waals surface area contributed by atoms with Crippen molar-refractivity contribution in [2.24, 2.45) is 0 Å². The molecule has 0 N–H and O–H groups in total. The number of carbonyl (C=O) groups excluding carboxylic acids is 2. The third-order valence-corrected chi connectivity index (χ3v) is 3.40. The highest BCUT2D eigenvalue weighted by Crippen LogP contribution is 2.25. The monoisotopic (exact) mass is 242 g/mol. The molecule has 18 heavy (non-hydrogen) atoms. The Morgan fingerprint density at radius 1 is 1.06 bits per heavy atom. The molecule has 2 heteroatoms. The van der Waals surface area contributed by atoms with Crippen molar-refractivity contribution in [2.45, 2.75) is 39.5 Å². The van der Waals surface area contributed by atoms with Crippen LogP contribution in [0.3, 0.4) is 0 Å². The summed E-state index contributed by atoms with van der Waals surface area (Å²) < 4.78 is 0. The molecule has 0 atom stereocenters. The predicted molar refractivity (Wildman–Crippen MR) is 72.1 cm³/mol. The molecular weight excluding hydrogens is 224 g/mol. The van der Waals surface area contributed by atoms with Gasteiger partial charge in [0, 0.05) is 16.7 Å². The molecule has 0 heterocycles. The molecule has 0 bridgehead atoms. The van der Waals surface area contributed by atoms with Crippen molar-refractivity contribution in [1.29, 1.82) is 0 Å². The molecule has 1 aliphatic carbocycles. The third kappa shape index (κ3) is 2.28. The molecule has 94 valence electrons. The quantitative estimate of drug-likeness (QED) is 0.806. The van der Waals surface area contributed by atoms with Gasteiger partial charge in [0.25, 0.3) is 0 Å². The molecule has 0 spiro atoms. The Kier molecular flexibility index (Phi) is 3.75. The minimum Gasteiger partial charge on any atom is -0.289 e. The fraction of sp³-hybridized carbons (Fsp3) is 0.375. The summed E-state index contributed by atoms with van der Waals surface area (Å²) >= 11 is 0. The van der Waals surface area contributed by atoms with Crippen LogP contribution in [-0.2, 0) is 6.42 Å². The summed E-state index contributed by atoms with van der Waals surface area (Å²) in [6.45, 7) is 4.13. The molecule has 0 saturated carbocycles. The van der Waals surface area contributed by atoms with E-state index in [1.807, 2.05) is 19.1 Å². The van der Waals surface area contributed by atoms with E-state index < -0.39 is 0 Å². The van der Waals surface area contributed by atoms with Crippen molar-refractivity contribution in [3.05, 3.63) is 46.5 Å². The Bertz CT molecular complexity index is 524. The van der Waals surface area contributed by atoms with Crippen molar-refractivity contribution in [3.63, 3.8) is 0 Å². The topological polar surface area (TPSA) is 34.1 Å². The summed E-state index contributed by atoms with van der Waals surface area (Å²) in [7, 11) is 0. The number of hydrogen-bond donors (Lipinski definition) is 0. The summed E-state index contributed by atoms with van der Waals surface area (Å²) in [6, 6.07) is 5.57. The molecule has 0 aromatic heterocycles. The fourth-order valence-electron chi connectivity index (χ4n) is 2.24. The van der Waals surface area contributed by atoms with Crippen molar-refractivity contribution in [3.8, 4) is 0 Å². The van der Waals surface area contributed by atoms with Gasteiger partial charge in [0.2, 0.25) is 0 Å². The zero-order chi connectivity index (χ0) is 13.1. The first-order chi connectivity index (χ1) is 8.67. The van der Waals surface area contributed by atoms with E-state index in [4.69, 9.17) is 0 Å². The lowest BCUT2D eigenvalue weighted by molar-refractivity contribution is 0.0981. The first-order valence-corrected chi connectivity index (χ1v) is 6.59. The highest BCUT2D eigenvalue weighted by molar-refractivity contribution is 6.24. The molecular formula is C16H18O2. The number of ketones is 2. The maximum absolute atomic E-state index is 12.3. The Morgan fingerprint density at radius 3 is 2.50 bits per heavy atom. The number of carbonyl (C=O) groups is 2. The maximum atomic E-state index is 12.3. The van der Waals surface area contributed by atoms with Crippen molar-refractivity contribution < 1.29 is 9.59 Å². The summed E-state index contributed by atoms with van der Waals surface area (Å²) in [5.74, 6) is 0.00621. The van der Waals surface area contributed by atoms with Gasteiger partial charge in [-0.15, -0.1) is 0 Å². The van der Waals surface area contributed by atoms with Crippen LogP contribution in [-0.4, -0.2) is 11.6 Å². The lowest BCUT2D eigenvalue weighted by Crippen LogP contribution is -2.17. The van der Waals surface area contributed by atoms with E-state index in [1.54, 1.807) is 6.07 Å². The number of unbranched alkanes of at least 4 members (excludes halogenated alkanes) is 1. The first-order valence-electron chi connectivity index (χ1n) is 6.59. The second kappa shape index (κ2) is 5.30. The first kappa shape index (κ1) is 12.7. The largest absolute Gasteiger partial charge is 0.289 e. The summed E-state index contributed by atoms with van der Waals surface area (Å²) in [6.07, 6.45) is 5.08. The number of hydrogen-bond acceptors (Lipinski definition) is 2. The SMILES string of the molecule is CCCCC1=CC(=O)c2ccc(CC)cc2C1=O. The van der Waals surface area contributed by atoms with Crippen LogP contribution in [0.2, 0.25) is 0 Å². The lowest BCUT2D eigenvalue weighted by atomic mass is 9.86. The Balaban J connectivity index is 2.39. The van der Waals surface area contributed by atoms with Gasteiger partial charge in [0.05, 0.1) is 0 Å². The van der Waals surface area contributed by atoms with Gasteiger partial charge >= 0.3 is 0 Å². The van der Waals surface area contributed by atoms with Gasteiger partial charge < -0.3 is 0 Å². The molecule has 1 aliphatic rings.